The van der Waals surface area contributed by atoms with Gasteiger partial charge in [0.05, 0.1) is 38.9 Å². The maximum Gasteiger partial charge on any atom is 0.242 e. The van der Waals surface area contributed by atoms with Crippen LogP contribution >= 0.6 is 22.9 Å². The highest BCUT2D eigenvalue weighted by atomic mass is 35.5. The van der Waals surface area contributed by atoms with E-state index < -0.39 is 6.23 Å². The predicted octanol–water partition coefficient (Wildman–Crippen LogP) is 4.36. The molecule has 10 heteroatoms. The molecule has 148 valence electrons. The summed E-state index contributed by atoms with van der Waals surface area (Å²) in [5.41, 5.74) is 2.81. The highest BCUT2D eigenvalue weighted by Crippen LogP contribution is 2.36. The van der Waals surface area contributed by atoms with Crippen LogP contribution in [0, 0.1) is 5.41 Å². The minimum absolute atomic E-state index is 0.00523. The van der Waals surface area contributed by atoms with Crippen LogP contribution in [0.1, 0.15) is 11.9 Å². The van der Waals surface area contributed by atoms with Gasteiger partial charge < -0.3 is 20.5 Å². The Morgan fingerprint density at radius 3 is 2.79 bits per heavy atom. The molecule has 0 radical (unpaired) electrons. The van der Waals surface area contributed by atoms with Crippen molar-refractivity contribution in [1.29, 1.82) is 5.41 Å². The van der Waals surface area contributed by atoms with Crippen LogP contribution in [0.4, 0.5) is 17.2 Å². The van der Waals surface area contributed by atoms with E-state index in [1.165, 1.54) is 24.8 Å². The molecule has 0 bridgehead atoms. The number of aromatic nitrogens is 3. The lowest BCUT2D eigenvalue weighted by Crippen LogP contribution is -2.13. The number of hydrogen-bond donors (Lipinski definition) is 4. The Labute approximate surface area is 175 Å². The first-order chi connectivity index (χ1) is 14.0. The molecular weight excluding hydrogens is 412 g/mol. The monoisotopic (exact) mass is 428 g/mol. The van der Waals surface area contributed by atoms with Crippen molar-refractivity contribution in [1.82, 2.24) is 15.0 Å². The zero-order chi connectivity index (χ0) is 20.5. The molecule has 2 heterocycles. The number of rotatable bonds is 5. The van der Waals surface area contributed by atoms with Crippen LogP contribution in [0.5, 0.6) is 0 Å². The van der Waals surface area contributed by atoms with E-state index in [2.05, 4.69) is 25.6 Å². The number of halogens is 1. The Balaban J connectivity index is 1.84. The average molecular weight is 429 g/mol. The molecule has 8 nitrogen and oxygen atoms in total. The van der Waals surface area contributed by atoms with E-state index in [0.29, 0.717) is 27.2 Å². The molecule has 1 atom stereocenters. The predicted molar refractivity (Wildman–Crippen MR) is 117 cm³/mol. The Morgan fingerprint density at radius 1 is 1.24 bits per heavy atom. The van der Waals surface area contributed by atoms with Gasteiger partial charge in [-0.1, -0.05) is 11.6 Å². The maximum absolute atomic E-state index is 9.56. The van der Waals surface area contributed by atoms with Gasteiger partial charge in [-0.05, 0) is 37.3 Å². The molecule has 4 aromatic rings. The summed E-state index contributed by atoms with van der Waals surface area (Å²) in [6.45, 7) is 1.63. The van der Waals surface area contributed by atoms with E-state index in [1.807, 2.05) is 12.1 Å². The second-order valence-corrected chi connectivity index (χ2v) is 7.63. The number of ether oxygens (including phenoxy) is 1. The summed E-state index contributed by atoms with van der Waals surface area (Å²) in [5, 5.41) is 25.4. The molecule has 0 aliphatic carbocycles. The van der Waals surface area contributed by atoms with Crippen molar-refractivity contribution in [2.45, 2.75) is 13.2 Å². The third-order valence-electron chi connectivity index (χ3n) is 4.15. The number of thiazole rings is 1. The summed E-state index contributed by atoms with van der Waals surface area (Å²) < 4.78 is 5.85. The van der Waals surface area contributed by atoms with Crippen molar-refractivity contribution in [3.63, 3.8) is 0 Å². The second kappa shape index (κ2) is 7.78. The van der Waals surface area contributed by atoms with E-state index in [0.717, 1.165) is 21.1 Å². The van der Waals surface area contributed by atoms with E-state index in [9.17, 15) is 5.11 Å². The smallest absolute Gasteiger partial charge is 0.242 e. The van der Waals surface area contributed by atoms with Crippen LogP contribution in [-0.4, -0.2) is 39.3 Å². The third-order valence-corrected chi connectivity index (χ3v) is 5.57. The summed E-state index contributed by atoms with van der Waals surface area (Å²) in [5.74, 6) is 0.571. The largest absolute Gasteiger partial charge is 0.479 e. The molecule has 4 N–H and O–H groups in total. The summed E-state index contributed by atoms with van der Waals surface area (Å²) in [7, 11) is 1.44. The van der Waals surface area contributed by atoms with Gasteiger partial charge in [0.2, 0.25) is 5.90 Å². The molecule has 1 unspecified atom stereocenters. The lowest BCUT2D eigenvalue weighted by atomic mass is 10.2. The van der Waals surface area contributed by atoms with Crippen LogP contribution in [0.15, 0.2) is 36.7 Å². The normalized spacial score (nSPS) is 12.1. The van der Waals surface area contributed by atoms with Gasteiger partial charge in [-0.15, -0.1) is 11.3 Å². The van der Waals surface area contributed by atoms with Gasteiger partial charge in [0, 0.05) is 5.69 Å². The zero-order valence-corrected chi connectivity index (χ0v) is 17.1. The average Bonchev–Trinajstić information content (AvgIpc) is 3.14. The number of anilines is 3. The molecule has 0 fully saturated rings. The second-order valence-electron chi connectivity index (χ2n) is 6.22. The fraction of sp³-hybridized carbons (Fsp3) is 0.158. The van der Waals surface area contributed by atoms with Crippen molar-refractivity contribution in [2.24, 2.45) is 0 Å². The fourth-order valence-corrected chi connectivity index (χ4v) is 4.09. The van der Waals surface area contributed by atoms with Crippen LogP contribution in [0.3, 0.4) is 0 Å². The van der Waals surface area contributed by atoms with Crippen LogP contribution in [-0.2, 0) is 4.74 Å². The van der Waals surface area contributed by atoms with Crippen molar-refractivity contribution in [3.8, 4) is 0 Å². The summed E-state index contributed by atoms with van der Waals surface area (Å²) in [4.78, 5) is 13.2. The molecule has 2 aromatic heterocycles. The zero-order valence-electron chi connectivity index (χ0n) is 15.5. The van der Waals surface area contributed by atoms with Gasteiger partial charge in [0.1, 0.15) is 18.4 Å². The topological polar surface area (TPSA) is 116 Å². The standard InChI is InChI=1S/C19H17ClN6O2S/c1-9(27)24-10-3-4-11(20)14(7-10)25-18-15-12(22-8-23-18)5-6-13-16(15)29-19(26-13)17(21)28-2/h3-9,21,24,27H,1-2H3,(H,22,23,25). The minimum atomic E-state index is -0.699. The number of nitrogens with zero attached hydrogens (tertiary/aromatic N) is 3. The van der Waals surface area contributed by atoms with E-state index in [-0.39, 0.29) is 5.90 Å². The number of aliphatic hydroxyl groups excluding tert-OH is 1. The number of fused-ring (bicyclic) bond motifs is 3. The lowest BCUT2D eigenvalue weighted by molar-refractivity contribution is 0.224. The third kappa shape index (κ3) is 3.80. The van der Waals surface area contributed by atoms with E-state index in [1.54, 1.807) is 25.1 Å². The lowest BCUT2D eigenvalue weighted by Gasteiger charge is -2.14. The molecule has 0 amide bonds. The van der Waals surface area contributed by atoms with Gasteiger partial charge in [-0.3, -0.25) is 5.41 Å². The summed E-state index contributed by atoms with van der Waals surface area (Å²) in [6, 6.07) is 9.03. The van der Waals surface area contributed by atoms with Gasteiger partial charge in [0.25, 0.3) is 0 Å². The Morgan fingerprint density at radius 2 is 2.03 bits per heavy atom. The highest BCUT2D eigenvalue weighted by Gasteiger charge is 2.16. The fourth-order valence-electron chi connectivity index (χ4n) is 2.89. The van der Waals surface area contributed by atoms with Gasteiger partial charge in [0.15, 0.2) is 5.01 Å². The summed E-state index contributed by atoms with van der Waals surface area (Å²) >= 11 is 7.71. The number of hydrogen-bond acceptors (Lipinski definition) is 9. The molecule has 0 saturated heterocycles. The first-order valence-electron chi connectivity index (χ1n) is 8.64. The van der Waals surface area contributed by atoms with Gasteiger partial charge in [-0.2, -0.15) is 0 Å². The van der Waals surface area contributed by atoms with Crippen LogP contribution in [0.2, 0.25) is 5.02 Å². The molecule has 29 heavy (non-hydrogen) atoms. The first kappa shape index (κ1) is 19.3. The molecule has 0 aliphatic heterocycles. The van der Waals surface area contributed by atoms with Crippen LogP contribution < -0.4 is 10.6 Å². The minimum Gasteiger partial charge on any atom is -0.479 e. The Hall–Kier alpha value is -3.01. The molecule has 0 aliphatic rings. The molecule has 4 rings (SSSR count). The Bertz CT molecular complexity index is 1230. The van der Waals surface area contributed by atoms with Crippen molar-refractivity contribution >= 4 is 67.1 Å². The maximum atomic E-state index is 9.56. The van der Waals surface area contributed by atoms with E-state index >= 15 is 0 Å². The quantitative estimate of drug-likeness (QED) is 0.212. The van der Waals surface area contributed by atoms with Crippen molar-refractivity contribution in [3.05, 3.63) is 46.7 Å². The number of aliphatic hydroxyl groups is 1. The van der Waals surface area contributed by atoms with Gasteiger partial charge in [-0.25, -0.2) is 15.0 Å². The van der Waals surface area contributed by atoms with Crippen LogP contribution in [0.25, 0.3) is 21.1 Å². The van der Waals surface area contributed by atoms with Crippen molar-refractivity contribution < 1.29 is 9.84 Å². The number of benzene rings is 2. The van der Waals surface area contributed by atoms with Crippen molar-refractivity contribution in [2.75, 3.05) is 17.7 Å². The first-order valence-corrected chi connectivity index (χ1v) is 9.84. The molecule has 0 saturated carbocycles. The number of methoxy groups -OCH3 is 1. The molecule has 0 spiro atoms. The Kier molecular flexibility index (Phi) is 5.18. The number of nitrogens with one attached hydrogen (secondary N) is 3. The molecule has 2 aromatic carbocycles. The summed E-state index contributed by atoms with van der Waals surface area (Å²) in [6.07, 6.45) is 0.775. The van der Waals surface area contributed by atoms with Gasteiger partial charge >= 0.3 is 0 Å². The van der Waals surface area contributed by atoms with E-state index in [4.69, 9.17) is 21.7 Å². The SMILES string of the molecule is COC(=N)c1nc2ccc3ncnc(Nc4cc(NC(C)O)ccc4Cl)c3c2s1. The highest BCUT2D eigenvalue weighted by molar-refractivity contribution is 7.21. The molecular formula is C19H17ClN6O2S.